The molecule has 0 fully saturated rings. The molecule has 32 heavy (non-hydrogen) atoms. The van der Waals surface area contributed by atoms with Crippen molar-refractivity contribution < 1.29 is 13.2 Å². The van der Waals surface area contributed by atoms with E-state index in [0.717, 1.165) is 28.7 Å². The second-order valence-corrected chi connectivity index (χ2v) is 11.6. The van der Waals surface area contributed by atoms with Crippen LogP contribution < -0.4 is 4.90 Å². The fourth-order valence-corrected chi connectivity index (χ4v) is 5.88. The van der Waals surface area contributed by atoms with Crippen molar-refractivity contribution in [2.24, 2.45) is 0 Å². The van der Waals surface area contributed by atoms with Crippen LogP contribution in [0, 0.1) is 6.92 Å². The van der Waals surface area contributed by atoms with E-state index in [1.54, 1.807) is 35.2 Å². The summed E-state index contributed by atoms with van der Waals surface area (Å²) in [7, 11) is 0.554. The minimum atomic E-state index is -3.42. The predicted octanol–water partition coefficient (Wildman–Crippen LogP) is 4.80. The van der Waals surface area contributed by atoms with Crippen LogP contribution in [-0.2, 0) is 14.6 Å². The van der Waals surface area contributed by atoms with E-state index in [2.05, 4.69) is 9.88 Å². The Kier molecular flexibility index (Phi) is 8.27. The molecular formula is C23H28ClN3O3S2. The van der Waals surface area contributed by atoms with Gasteiger partial charge < -0.3 is 4.90 Å². The Morgan fingerprint density at radius 2 is 1.78 bits per heavy atom. The standard InChI is InChI=1S/C23H28ClN3O3S2/c1-17-7-10-19(11-8-17)32(29,30)15-4-6-22(28)27(14-5-13-26(2)3)23-25-20-12-9-18(24)16-21(20)31-23/h7-12,16H,4-6,13-15H2,1-3H3. The highest BCUT2D eigenvalue weighted by Crippen LogP contribution is 2.31. The molecule has 0 aliphatic heterocycles. The summed E-state index contributed by atoms with van der Waals surface area (Å²) in [5.74, 6) is -0.184. The van der Waals surface area contributed by atoms with E-state index in [1.165, 1.54) is 11.3 Å². The Balaban J connectivity index is 1.70. The normalized spacial score (nSPS) is 11.9. The van der Waals surface area contributed by atoms with E-state index in [1.807, 2.05) is 33.2 Å². The summed E-state index contributed by atoms with van der Waals surface area (Å²) >= 11 is 7.52. The fourth-order valence-electron chi connectivity index (χ4n) is 3.29. The lowest BCUT2D eigenvalue weighted by Crippen LogP contribution is -2.33. The van der Waals surface area contributed by atoms with Crippen LogP contribution in [0.4, 0.5) is 5.13 Å². The Labute approximate surface area is 198 Å². The summed E-state index contributed by atoms with van der Waals surface area (Å²) in [5, 5.41) is 1.24. The van der Waals surface area contributed by atoms with Gasteiger partial charge in [-0.25, -0.2) is 13.4 Å². The zero-order valence-electron chi connectivity index (χ0n) is 18.5. The molecule has 0 bridgehead atoms. The largest absolute Gasteiger partial charge is 0.309 e. The number of aromatic nitrogens is 1. The van der Waals surface area contributed by atoms with Crippen LogP contribution in [0.3, 0.4) is 0 Å². The molecule has 3 aromatic rings. The number of carbonyl (C=O) groups is 1. The molecule has 0 N–H and O–H groups in total. The number of sulfone groups is 1. The lowest BCUT2D eigenvalue weighted by molar-refractivity contribution is -0.118. The van der Waals surface area contributed by atoms with Crippen LogP contribution in [0.25, 0.3) is 10.2 Å². The summed E-state index contributed by atoms with van der Waals surface area (Å²) < 4.78 is 26.1. The molecular weight excluding hydrogens is 466 g/mol. The SMILES string of the molecule is Cc1ccc(S(=O)(=O)CCCC(=O)N(CCCN(C)C)c2nc3ccc(Cl)cc3s2)cc1. The number of hydrogen-bond donors (Lipinski definition) is 0. The first kappa shape index (κ1) is 24.6. The van der Waals surface area contributed by atoms with Crippen molar-refractivity contribution in [3.63, 3.8) is 0 Å². The fraction of sp³-hybridized carbons (Fsp3) is 0.391. The molecule has 172 valence electrons. The molecule has 0 atom stereocenters. The van der Waals surface area contributed by atoms with Crippen LogP contribution in [-0.4, -0.2) is 57.1 Å². The van der Waals surface area contributed by atoms with Gasteiger partial charge in [0.05, 0.1) is 20.9 Å². The van der Waals surface area contributed by atoms with E-state index in [9.17, 15) is 13.2 Å². The molecule has 9 heteroatoms. The molecule has 1 aromatic heterocycles. The minimum absolute atomic E-state index is 0.0667. The van der Waals surface area contributed by atoms with Crippen LogP contribution >= 0.6 is 22.9 Å². The van der Waals surface area contributed by atoms with E-state index in [-0.39, 0.29) is 24.5 Å². The highest BCUT2D eigenvalue weighted by molar-refractivity contribution is 7.91. The van der Waals surface area contributed by atoms with Crippen LogP contribution in [0.1, 0.15) is 24.8 Å². The second kappa shape index (κ2) is 10.7. The maximum Gasteiger partial charge on any atom is 0.228 e. The summed E-state index contributed by atoms with van der Waals surface area (Å²) in [4.78, 5) is 21.7. The second-order valence-electron chi connectivity index (χ2n) is 8.05. The molecule has 1 amide bonds. The number of carbonyl (C=O) groups excluding carboxylic acids is 1. The van der Waals surface area contributed by atoms with Crippen molar-refractivity contribution >= 4 is 54.0 Å². The number of hydrogen-bond acceptors (Lipinski definition) is 6. The lowest BCUT2D eigenvalue weighted by Gasteiger charge is -2.21. The number of amides is 1. The minimum Gasteiger partial charge on any atom is -0.309 e. The van der Waals surface area contributed by atoms with Crippen LogP contribution in [0.15, 0.2) is 47.4 Å². The Morgan fingerprint density at radius 3 is 2.47 bits per heavy atom. The molecule has 0 saturated heterocycles. The number of halogens is 1. The number of fused-ring (bicyclic) bond motifs is 1. The average Bonchev–Trinajstić information content (AvgIpc) is 3.13. The summed E-state index contributed by atoms with van der Waals surface area (Å²) in [5.41, 5.74) is 1.80. The number of anilines is 1. The Morgan fingerprint density at radius 1 is 1.06 bits per heavy atom. The number of rotatable bonds is 10. The molecule has 0 saturated carbocycles. The van der Waals surface area contributed by atoms with E-state index in [4.69, 9.17) is 11.6 Å². The molecule has 0 spiro atoms. The first-order valence-corrected chi connectivity index (χ1v) is 13.3. The van der Waals surface area contributed by atoms with Crippen molar-refractivity contribution in [1.82, 2.24) is 9.88 Å². The van der Waals surface area contributed by atoms with Gasteiger partial charge in [-0.15, -0.1) is 0 Å². The van der Waals surface area contributed by atoms with Crippen molar-refractivity contribution in [3.05, 3.63) is 53.1 Å². The monoisotopic (exact) mass is 493 g/mol. The molecule has 0 aliphatic carbocycles. The van der Waals surface area contributed by atoms with Gasteiger partial charge in [0, 0.05) is 18.0 Å². The van der Waals surface area contributed by atoms with Crippen molar-refractivity contribution in [2.75, 3.05) is 37.8 Å². The number of nitrogens with zero attached hydrogens (tertiary/aromatic N) is 3. The number of thiazole rings is 1. The van der Waals surface area contributed by atoms with Gasteiger partial charge in [-0.2, -0.15) is 0 Å². The summed E-state index contributed by atoms with van der Waals surface area (Å²) in [6.45, 7) is 3.27. The number of benzene rings is 2. The smallest absolute Gasteiger partial charge is 0.228 e. The summed E-state index contributed by atoms with van der Waals surface area (Å²) in [6.07, 6.45) is 1.19. The van der Waals surface area contributed by atoms with Crippen molar-refractivity contribution in [2.45, 2.75) is 31.1 Å². The maximum atomic E-state index is 13.1. The third-order valence-electron chi connectivity index (χ3n) is 5.04. The zero-order valence-corrected chi connectivity index (χ0v) is 20.9. The van der Waals surface area contributed by atoms with Gasteiger partial charge in [0.15, 0.2) is 15.0 Å². The van der Waals surface area contributed by atoms with Crippen LogP contribution in [0.2, 0.25) is 5.02 Å². The van der Waals surface area contributed by atoms with Crippen molar-refractivity contribution in [1.29, 1.82) is 0 Å². The van der Waals surface area contributed by atoms with E-state index < -0.39 is 9.84 Å². The first-order valence-electron chi connectivity index (χ1n) is 10.5. The molecule has 0 aliphatic rings. The van der Waals surface area contributed by atoms with E-state index >= 15 is 0 Å². The quantitative estimate of drug-likeness (QED) is 0.406. The zero-order chi connectivity index (χ0) is 23.3. The molecule has 2 aromatic carbocycles. The number of aryl methyl sites for hydroxylation is 1. The predicted molar refractivity (Wildman–Crippen MR) is 133 cm³/mol. The molecule has 6 nitrogen and oxygen atoms in total. The average molecular weight is 494 g/mol. The highest BCUT2D eigenvalue weighted by atomic mass is 35.5. The highest BCUT2D eigenvalue weighted by Gasteiger charge is 2.21. The summed E-state index contributed by atoms with van der Waals surface area (Å²) in [6, 6.07) is 12.3. The van der Waals surface area contributed by atoms with Gasteiger partial charge in [-0.05, 0) is 70.7 Å². The van der Waals surface area contributed by atoms with Gasteiger partial charge in [0.25, 0.3) is 0 Å². The third-order valence-corrected chi connectivity index (χ3v) is 8.13. The van der Waals surface area contributed by atoms with Gasteiger partial charge in [0.1, 0.15) is 0 Å². The van der Waals surface area contributed by atoms with E-state index in [0.29, 0.717) is 21.6 Å². The molecule has 0 radical (unpaired) electrons. The van der Waals surface area contributed by atoms with Crippen LogP contribution in [0.5, 0.6) is 0 Å². The molecule has 0 unspecified atom stereocenters. The van der Waals surface area contributed by atoms with Gasteiger partial charge in [0.2, 0.25) is 5.91 Å². The maximum absolute atomic E-state index is 13.1. The topological polar surface area (TPSA) is 70.6 Å². The first-order chi connectivity index (χ1) is 15.2. The van der Waals surface area contributed by atoms with Gasteiger partial charge >= 0.3 is 0 Å². The Hall–Kier alpha value is -2.00. The Bertz CT molecular complexity index is 1170. The van der Waals surface area contributed by atoms with Gasteiger partial charge in [-0.1, -0.05) is 40.6 Å². The molecule has 1 heterocycles. The van der Waals surface area contributed by atoms with Gasteiger partial charge in [-0.3, -0.25) is 9.69 Å². The lowest BCUT2D eigenvalue weighted by atomic mass is 10.2. The molecule has 3 rings (SSSR count). The van der Waals surface area contributed by atoms with Crippen molar-refractivity contribution in [3.8, 4) is 0 Å². The third kappa shape index (κ3) is 6.51.